The fraction of sp³-hybridized carbons (Fsp3) is 0.308. The Balaban J connectivity index is 2.68. The number of methoxy groups -OCH3 is 2. The highest BCUT2D eigenvalue weighted by Crippen LogP contribution is 2.37. The van der Waals surface area contributed by atoms with Crippen LogP contribution in [0.2, 0.25) is 0 Å². The van der Waals surface area contributed by atoms with Crippen LogP contribution in [0.1, 0.15) is 12.5 Å². The topological polar surface area (TPSA) is 44.8 Å². The Hall–Kier alpha value is -2.11. The molecule has 1 atom stereocenters. The van der Waals surface area contributed by atoms with Gasteiger partial charge in [0.05, 0.1) is 14.2 Å². The molecule has 0 radical (unpaired) electrons. The van der Waals surface area contributed by atoms with Crippen molar-refractivity contribution in [2.75, 3.05) is 14.2 Å². The summed E-state index contributed by atoms with van der Waals surface area (Å²) in [6.45, 7) is 1.62. The molecular weight excluding hydrogens is 258 g/mol. The molecular formula is C13H12F2O4. The van der Waals surface area contributed by atoms with E-state index < -0.39 is 23.7 Å². The predicted molar refractivity (Wildman–Crippen MR) is 62.4 cm³/mol. The number of benzene rings is 1. The van der Waals surface area contributed by atoms with Crippen molar-refractivity contribution >= 4 is 11.5 Å². The molecule has 0 saturated carbocycles. The van der Waals surface area contributed by atoms with Crippen LogP contribution in [0.3, 0.4) is 0 Å². The number of rotatable bonds is 3. The second-order valence-electron chi connectivity index (χ2n) is 3.93. The second kappa shape index (κ2) is 4.87. The van der Waals surface area contributed by atoms with Gasteiger partial charge in [0.1, 0.15) is 5.57 Å². The van der Waals surface area contributed by atoms with Gasteiger partial charge in [0, 0.05) is 5.56 Å². The fourth-order valence-corrected chi connectivity index (χ4v) is 2.02. The van der Waals surface area contributed by atoms with Gasteiger partial charge in [0.15, 0.2) is 23.4 Å². The summed E-state index contributed by atoms with van der Waals surface area (Å²) in [5.41, 5.74) is 0.151. The Morgan fingerprint density at radius 1 is 1.21 bits per heavy atom. The van der Waals surface area contributed by atoms with Gasteiger partial charge in [-0.25, -0.2) is 9.18 Å². The molecule has 0 saturated heterocycles. The van der Waals surface area contributed by atoms with Gasteiger partial charge in [-0.05, 0) is 19.1 Å². The van der Waals surface area contributed by atoms with Crippen LogP contribution in [0.25, 0.3) is 5.57 Å². The molecule has 1 unspecified atom stereocenters. The third-order valence-corrected chi connectivity index (χ3v) is 2.85. The van der Waals surface area contributed by atoms with E-state index in [0.717, 1.165) is 6.07 Å². The van der Waals surface area contributed by atoms with Gasteiger partial charge < -0.3 is 14.2 Å². The molecule has 4 nitrogen and oxygen atoms in total. The minimum absolute atomic E-state index is 0.0470. The molecule has 0 spiro atoms. The van der Waals surface area contributed by atoms with Crippen LogP contribution in [0.15, 0.2) is 17.9 Å². The van der Waals surface area contributed by atoms with E-state index in [1.54, 1.807) is 6.92 Å². The Morgan fingerprint density at radius 3 is 2.47 bits per heavy atom. The predicted octanol–water partition coefficient (Wildman–Crippen LogP) is 2.28. The number of hydrogen-bond acceptors (Lipinski definition) is 4. The van der Waals surface area contributed by atoms with Crippen molar-refractivity contribution in [3.8, 4) is 5.75 Å². The van der Waals surface area contributed by atoms with Crippen LogP contribution in [0, 0.1) is 11.6 Å². The van der Waals surface area contributed by atoms with Crippen molar-refractivity contribution in [1.82, 2.24) is 0 Å². The summed E-state index contributed by atoms with van der Waals surface area (Å²) in [5, 5.41) is 0. The van der Waals surface area contributed by atoms with E-state index in [1.165, 1.54) is 20.3 Å². The number of carbonyl (C=O) groups is 1. The van der Waals surface area contributed by atoms with Crippen LogP contribution in [-0.2, 0) is 14.3 Å². The normalized spacial score (nSPS) is 18.6. The molecule has 102 valence electrons. The van der Waals surface area contributed by atoms with Gasteiger partial charge in [-0.2, -0.15) is 4.39 Å². The molecule has 1 aliphatic heterocycles. The summed E-state index contributed by atoms with van der Waals surface area (Å²) >= 11 is 0. The van der Waals surface area contributed by atoms with Crippen molar-refractivity contribution in [3.05, 3.63) is 35.1 Å². The van der Waals surface area contributed by atoms with Gasteiger partial charge >= 0.3 is 5.97 Å². The lowest BCUT2D eigenvalue weighted by Gasteiger charge is -2.10. The van der Waals surface area contributed by atoms with E-state index in [1.807, 2.05) is 0 Å². The zero-order valence-corrected chi connectivity index (χ0v) is 10.6. The summed E-state index contributed by atoms with van der Waals surface area (Å²) in [6.07, 6.45) is -0.578. The van der Waals surface area contributed by atoms with E-state index in [9.17, 15) is 13.6 Å². The zero-order valence-electron chi connectivity index (χ0n) is 10.6. The molecule has 0 fully saturated rings. The molecule has 6 heteroatoms. The number of ether oxygens (including phenoxy) is 3. The Bertz CT molecular complexity index is 566. The molecule has 0 aromatic heterocycles. The molecule has 0 amide bonds. The number of esters is 1. The number of carbonyl (C=O) groups excluding carboxylic acids is 1. The highest BCUT2D eigenvalue weighted by atomic mass is 19.2. The molecule has 0 aliphatic carbocycles. The first-order valence-corrected chi connectivity index (χ1v) is 5.52. The van der Waals surface area contributed by atoms with Crippen LogP contribution in [0.4, 0.5) is 8.78 Å². The second-order valence-corrected chi connectivity index (χ2v) is 3.93. The fourth-order valence-electron chi connectivity index (χ4n) is 2.02. The quantitative estimate of drug-likeness (QED) is 0.790. The van der Waals surface area contributed by atoms with Crippen LogP contribution in [-0.4, -0.2) is 26.3 Å². The number of halogens is 2. The maximum atomic E-state index is 13.7. The van der Waals surface area contributed by atoms with E-state index in [2.05, 4.69) is 0 Å². The maximum absolute atomic E-state index is 13.7. The lowest BCUT2D eigenvalue weighted by Crippen LogP contribution is -2.06. The smallest absolute Gasteiger partial charge is 0.343 e. The van der Waals surface area contributed by atoms with Gasteiger partial charge in [-0.15, -0.1) is 0 Å². The average molecular weight is 270 g/mol. The largest absolute Gasteiger partial charge is 0.496 e. The average Bonchev–Trinajstić information content (AvgIpc) is 2.66. The number of cyclic esters (lactones) is 1. The molecule has 1 aliphatic rings. The third-order valence-electron chi connectivity index (χ3n) is 2.85. The minimum atomic E-state index is -1.16. The molecule has 1 heterocycles. The lowest BCUT2D eigenvalue weighted by atomic mass is 10.0. The van der Waals surface area contributed by atoms with E-state index in [-0.39, 0.29) is 22.6 Å². The first-order chi connectivity index (χ1) is 9.01. The van der Waals surface area contributed by atoms with Crippen molar-refractivity contribution in [2.45, 2.75) is 13.0 Å². The monoisotopic (exact) mass is 270 g/mol. The maximum Gasteiger partial charge on any atom is 0.343 e. The van der Waals surface area contributed by atoms with Crippen LogP contribution < -0.4 is 4.74 Å². The zero-order chi connectivity index (χ0) is 14.2. The summed E-state index contributed by atoms with van der Waals surface area (Å²) in [6, 6.07) is 2.18. The summed E-state index contributed by atoms with van der Waals surface area (Å²) in [4.78, 5) is 11.8. The Labute approximate surface area is 108 Å². The van der Waals surface area contributed by atoms with Gasteiger partial charge in [-0.3, -0.25) is 0 Å². The molecule has 19 heavy (non-hydrogen) atoms. The van der Waals surface area contributed by atoms with Crippen LogP contribution >= 0.6 is 0 Å². The highest BCUT2D eigenvalue weighted by molar-refractivity contribution is 6.20. The third kappa shape index (κ3) is 2.03. The summed E-state index contributed by atoms with van der Waals surface area (Å²) in [7, 11) is 2.57. The molecule has 1 aromatic carbocycles. The summed E-state index contributed by atoms with van der Waals surface area (Å²) < 4.78 is 41.7. The van der Waals surface area contributed by atoms with Crippen molar-refractivity contribution < 1.29 is 27.8 Å². The molecule has 1 aromatic rings. The van der Waals surface area contributed by atoms with E-state index >= 15 is 0 Å². The molecule has 0 bridgehead atoms. The summed E-state index contributed by atoms with van der Waals surface area (Å²) in [5.74, 6) is -2.96. The van der Waals surface area contributed by atoms with Crippen molar-refractivity contribution in [1.29, 1.82) is 0 Å². The standard InChI is InChI=1S/C13H12F2O4/c1-6-11(17-2)9(13(16)19-6)7-4-5-8(14)10(15)12(7)18-3/h4-6H,1-3H3. The van der Waals surface area contributed by atoms with Gasteiger partial charge in [0.25, 0.3) is 0 Å². The van der Waals surface area contributed by atoms with E-state index in [0.29, 0.717) is 0 Å². The van der Waals surface area contributed by atoms with Crippen LogP contribution in [0.5, 0.6) is 5.75 Å². The van der Waals surface area contributed by atoms with Gasteiger partial charge in [0.2, 0.25) is 5.82 Å². The first-order valence-electron chi connectivity index (χ1n) is 5.52. The molecule has 2 rings (SSSR count). The van der Waals surface area contributed by atoms with Crippen molar-refractivity contribution in [3.63, 3.8) is 0 Å². The van der Waals surface area contributed by atoms with Crippen molar-refractivity contribution in [2.24, 2.45) is 0 Å². The SMILES string of the molecule is COC1=C(c2ccc(F)c(F)c2OC)C(=O)OC1C. The minimum Gasteiger partial charge on any atom is -0.496 e. The van der Waals surface area contributed by atoms with Gasteiger partial charge in [-0.1, -0.05) is 0 Å². The first kappa shape index (κ1) is 13.3. The lowest BCUT2D eigenvalue weighted by molar-refractivity contribution is -0.137. The Morgan fingerprint density at radius 2 is 1.89 bits per heavy atom. The number of hydrogen-bond donors (Lipinski definition) is 0. The molecule has 0 N–H and O–H groups in total. The Kier molecular flexibility index (Phi) is 3.42. The van der Waals surface area contributed by atoms with E-state index in [4.69, 9.17) is 14.2 Å². The highest BCUT2D eigenvalue weighted by Gasteiger charge is 2.36.